The maximum absolute atomic E-state index is 13.6. The molecule has 1 aliphatic carbocycles. The number of rotatable bonds is 5. The van der Waals surface area contributed by atoms with E-state index in [0.29, 0.717) is 30.5 Å². The van der Waals surface area contributed by atoms with Crippen LogP contribution in [0.4, 0.5) is 5.82 Å². The Kier molecular flexibility index (Phi) is 5.20. The zero-order chi connectivity index (χ0) is 22.2. The van der Waals surface area contributed by atoms with Gasteiger partial charge in [-0.3, -0.25) is 14.7 Å². The third-order valence-electron chi connectivity index (χ3n) is 6.47. The van der Waals surface area contributed by atoms with Crippen LogP contribution in [0.2, 0.25) is 0 Å². The summed E-state index contributed by atoms with van der Waals surface area (Å²) in [7, 11) is 0. The minimum Gasteiger partial charge on any atom is -0.507 e. The molecule has 0 radical (unpaired) electrons. The molecule has 166 valence electrons. The lowest BCUT2D eigenvalue weighted by Crippen LogP contribution is -2.39. The highest BCUT2D eigenvalue weighted by atomic mass is 16.3. The third kappa shape index (κ3) is 3.45. The molecule has 8 heteroatoms. The number of hydrogen-bond donors (Lipinski definition) is 4. The van der Waals surface area contributed by atoms with Crippen molar-refractivity contribution in [2.75, 3.05) is 11.9 Å². The Balaban J connectivity index is 1.50. The van der Waals surface area contributed by atoms with Gasteiger partial charge in [-0.15, -0.1) is 0 Å². The summed E-state index contributed by atoms with van der Waals surface area (Å²) in [6, 6.07) is 10.4. The van der Waals surface area contributed by atoms with Gasteiger partial charge in [-0.05, 0) is 37.0 Å². The number of hydrogen-bond acceptors (Lipinski definition) is 5. The van der Waals surface area contributed by atoms with E-state index < -0.39 is 6.04 Å². The number of benzene rings is 2. The lowest BCUT2D eigenvalue weighted by Gasteiger charge is -2.25. The molecule has 32 heavy (non-hydrogen) atoms. The predicted octanol–water partition coefficient (Wildman–Crippen LogP) is 3.46. The van der Waals surface area contributed by atoms with E-state index in [4.69, 9.17) is 0 Å². The minimum atomic E-state index is -0.728. The summed E-state index contributed by atoms with van der Waals surface area (Å²) in [6.45, 7) is 2.64. The first-order valence-corrected chi connectivity index (χ1v) is 11.2. The second-order valence-electron chi connectivity index (χ2n) is 8.54. The van der Waals surface area contributed by atoms with Gasteiger partial charge in [0, 0.05) is 30.6 Å². The predicted molar refractivity (Wildman–Crippen MR) is 121 cm³/mol. The third-order valence-corrected chi connectivity index (χ3v) is 6.47. The Labute approximate surface area is 186 Å². The number of H-pyrrole nitrogens is 1. The molecule has 2 amide bonds. The minimum absolute atomic E-state index is 0.135. The Morgan fingerprint density at radius 2 is 2.00 bits per heavy atom. The average Bonchev–Trinajstić information content (AvgIpc) is 3.52. The highest BCUT2D eigenvalue weighted by Gasteiger charge is 2.39. The second kappa shape index (κ2) is 8.18. The SMILES string of the molecule is CCNC(=O)C1c2ccccc2CN1C(=O)c1cc2c(NC3CCCC3)n[nH]c2cc1O. The van der Waals surface area contributed by atoms with Crippen LogP contribution in [0.25, 0.3) is 10.9 Å². The number of phenolic OH excluding ortho intramolecular Hbond substituents is 1. The van der Waals surface area contributed by atoms with Crippen molar-refractivity contribution in [2.24, 2.45) is 0 Å². The summed E-state index contributed by atoms with van der Waals surface area (Å²) in [5, 5.41) is 25.0. The van der Waals surface area contributed by atoms with Gasteiger partial charge in [0.15, 0.2) is 5.82 Å². The first kappa shape index (κ1) is 20.4. The second-order valence-corrected chi connectivity index (χ2v) is 8.54. The van der Waals surface area contributed by atoms with E-state index in [2.05, 4.69) is 20.8 Å². The van der Waals surface area contributed by atoms with Crippen molar-refractivity contribution in [3.63, 3.8) is 0 Å². The first-order valence-electron chi connectivity index (χ1n) is 11.2. The summed E-state index contributed by atoms with van der Waals surface area (Å²) in [5.74, 6) is -0.0572. The van der Waals surface area contributed by atoms with E-state index in [1.807, 2.05) is 31.2 Å². The van der Waals surface area contributed by atoms with Crippen molar-refractivity contribution in [1.82, 2.24) is 20.4 Å². The number of nitrogens with zero attached hydrogens (tertiary/aromatic N) is 2. The Morgan fingerprint density at radius 1 is 1.22 bits per heavy atom. The Hall–Kier alpha value is -3.55. The van der Waals surface area contributed by atoms with Crippen LogP contribution >= 0.6 is 0 Å². The number of aromatic nitrogens is 2. The quantitative estimate of drug-likeness (QED) is 0.493. The van der Waals surface area contributed by atoms with E-state index >= 15 is 0 Å². The van der Waals surface area contributed by atoms with E-state index in [1.54, 1.807) is 6.07 Å². The molecule has 8 nitrogen and oxygen atoms in total. The van der Waals surface area contributed by atoms with Gasteiger partial charge < -0.3 is 20.6 Å². The van der Waals surface area contributed by atoms with E-state index in [-0.39, 0.29) is 23.1 Å². The van der Waals surface area contributed by atoms with Crippen LogP contribution in [0.5, 0.6) is 5.75 Å². The van der Waals surface area contributed by atoms with Gasteiger partial charge in [-0.2, -0.15) is 5.10 Å². The molecule has 2 aliphatic rings. The van der Waals surface area contributed by atoms with Crippen LogP contribution in [0.3, 0.4) is 0 Å². The lowest BCUT2D eigenvalue weighted by atomic mass is 10.0. The molecule has 1 fully saturated rings. The van der Waals surface area contributed by atoms with Gasteiger partial charge in [0.1, 0.15) is 11.8 Å². The van der Waals surface area contributed by atoms with Gasteiger partial charge in [0.2, 0.25) is 5.91 Å². The van der Waals surface area contributed by atoms with E-state index in [9.17, 15) is 14.7 Å². The number of anilines is 1. The standard InChI is InChI=1S/C24H27N5O3/c1-2-25-23(31)21-16-10-6-3-7-14(16)13-29(21)24(32)18-11-17-19(12-20(18)30)27-28-22(17)26-15-8-4-5-9-15/h3,6-7,10-12,15,21,30H,2,4-5,8-9,13H2,1H3,(H,25,31)(H2,26,27,28). The molecule has 0 saturated heterocycles. The number of nitrogens with one attached hydrogen (secondary N) is 3. The number of likely N-dealkylation sites (N-methyl/N-ethyl adjacent to an activating group) is 1. The van der Waals surface area contributed by atoms with Gasteiger partial charge in [-0.1, -0.05) is 37.1 Å². The number of amides is 2. The molecular formula is C24H27N5O3. The fourth-order valence-electron chi connectivity index (χ4n) is 4.88. The van der Waals surface area contributed by atoms with Crippen LogP contribution in [0, 0.1) is 0 Å². The van der Waals surface area contributed by atoms with Crippen molar-refractivity contribution in [1.29, 1.82) is 0 Å². The molecule has 2 heterocycles. The van der Waals surface area contributed by atoms with Crippen LogP contribution in [-0.4, -0.2) is 44.6 Å². The molecule has 1 saturated carbocycles. The van der Waals surface area contributed by atoms with Gasteiger partial charge in [-0.25, -0.2) is 0 Å². The molecular weight excluding hydrogens is 406 g/mol. The fourth-order valence-corrected chi connectivity index (χ4v) is 4.88. The van der Waals surface area contributed by atoms with E-state index in [0.717, 1.165) is 29.4 Å². The Morgan fingerprint density at radius 3 is 2.78 bits per heavy atom. The monoisotopic (exact) mass is 433 g/mol. The molecule has 5 rings (SSSR count). The topological polar surface area (TPSA) is 110 Å². The number of carbonyl (C=O) groups excluding carboxylic acids is 2. The zero-order valence-electron chi connectivity index (χ0n) is 18.0. The highest BCUT2D eigenvalue weighted by molar-refractivity contribution is 6.05. The number of aromatic amines is 1. The average molecular weight is 434 g/mol. The fraction of sp³-hybridized carbons (Fsp3) is 0.375. The molecule has 1 aliphatic heterocycles. The molecule has 2 aromatic carbocycles. The van der Waals surface area contributed by atoms with Crippen LogP contribution in [0.15, 0.2) is 36.4 Å². The summed E-state index contributed by atoms with van der Waals surface area (Å²) >= 11 is 0. The summed E-state index contributed by atoms with van der Waals surface area (Å²) in [5.41, 5.74) is 2.57. The van der Waals surface area contributed by atoms with Crippen LogP contribution < -0.4 is 10.6 Å². The first-order chi connectivity index (χ1) is 15.6. The number of aromatic hydroxyl groups is 1. The molecule has 1 aromatic heterocycles. The summed E-state index contributed by atoms with van der Waals surface area (Å²) < 4.78 is 0. The van der Waals surface area contributed by atoms with Crippen molar-refractivity contribution in [3.8, 4) is 5.75 Å². The molecule has 0 bridgehead atoms. The Bertz CT molecular complexity index is 1180. The number of phenols is 1. The van der Waals surface area contributed by atoms with Crippen LogP contribution in [0.1, 0.15) is 60.1 Å². The maximum Gasteiger partial charge on any atom is 0.258 e. The molecule has 1 unspecified atom stereocenters. The van der Waals surface area contributed by atoms with Crippen molar-refractivity contribution < 1.29 is 14.7 Å². The maximum atomic E-state index is 13.6. The lowest BCUT2D eigenvalue weighted by molar-refractivity contribution is -0.125. The molecule has 1 atom stereocenters. The summed E-state index contributed by atoms with van der Waals surface area (Å²) in [6.07, 6.45) is 4.58. The van der Waals surface area contributed by atoms with Gasteiger partial charge in [0.05, 0.1) is 11.1 Å². The highest BCUT2D eigenvalue weighted by Crippen LogP contribution is 2.37. The van der Waals surface area contributed by atoms with Crippen molar-refractivity contribution in [3.05, 3.63) is 53.1 Å². The number of fused-ring (bicyclic) bond motifs is 2. The van der Waals surface area contributed by atoms with Crippen molar-refractivity contribution >= 4 is 28.5 Å². The molecule has 0 spiro atoms. The van der Waals surface area contributed by atoms with Crippen LogP contribution in [-0.2, 0) is 11.3 Å². The van der Waals surface area contributed by atoms with Gasteiger partial charge >= 0.3 is 0 Å². The van der Waals surface area contributed by atoms with Crippen molar-refractivity contribution in [2.45, 2.75) is 51.2 Å². The number of carbonyl (C=O) groups is 2. The normalized spacial score (nSPS) is 18.2. The molecule has 3 aromatic rings. The summed E-state index contributed by atoms with van der Waals surface area (Å²) in [4.78, 5) is 28.0. The smallest absolute Gasteiger partial charge is 0.258 e. The van der Waals surface area contributed by atoms with E-state index in [1.165, 1.54) is 23.8 Å². The largest absolute Gasteiger partial charge is 0.507 e. The van der Waals surface area contributed by atoms with Gasteiger partial charge in [0.25, 0.3) is 5.91 Å². The molecule has 4 N–H and O–H groups in total. The zero-order valence-corrected chi connectivity index (χ0v) is 18.0.